The summed E-state index contributed by atoms with van der Waals surface area (Å²) in [5.74, 6) is -3.91. The highest BCUT2D eigenvalue weighted by atomic mass is 16.2. The Labute approximate surface area is 251 Å². The number of hydrogen-bond acceptors (Lipinski definition) is 10. The number of rotatable bonds is 4. The van der Waals surface area contributed by atoms with Crippen molar-refractivity contribution < 1.29 is 38.4 Å². The number of benzene rings is 2. The average molecular weight is 603 g/mol. The lowest BCUT2D eigenvalue weighted by Gasteiger charge is -2.28. The quantitative estimate of drug-likeness (QED) is 0.464. The van der Waals surface area contributed by atoms with Gasteiger partial charge in [-0.1, -0.05) is 12.1 Å². The fourth-order valence-electron chi connectivity index (χ4n) is 5.74. The number of anilines is 2. The van der Waals surface area contributed by atoms with Crippen molar-refractivity contribution in [2.24, 2.45) is 0 Å². The molecular formula is C30H30N6O8. The third kappa shape index (κ3) is 4.97. The second kappa shape index (κ2) is 11.4. The predicted molar refractivity (Wildman–Crippen MR) is 155 cm³/mol. The lowest BCUT2D eigenvalue weighted by atomic mass is 10.0. The monoisotopic (exact) mass is 602 g/mol. The van der Waals surface area contributed by atoms with Gasteiger partial charge >= 0.3 is 0 Å². The second-order valence-corrected chi connectivity index (χ2v) is 11.1. The van der Waals surface area contributed by atoms with E-state index in [9.17, 15) is 38.4 Å². The maximum absolute atomic E-state index is 12.7. The zero-order valence-electron chi connectivity index (χ0n) is 24.5. The lowest BCUT2D eigenvalue weighted by Crippen LogP contribution is -2.54. The molecule has 2 saturated heterocycles. The molecule has 2 N–H and O–H groups in total. The summed E-state index contributed by atoms with van der Waals surface area (Å²) >= 11 is 0. The zero-order chi connectivity index (χ0) is 32.0. The van der Waals surface area contributed by atoms with Gasteiger partial charge in [0.25, 0.3) is 23.6 Å². The first-order chi connectivity index (χ1) is 20.8. The average Bonchev–Trinajstić information content (AvgIpc) is 3.38. The highest BCUT2D eigenvalue weighted by Crippen LogP contribution is 2.34. The molecule has 14 heteroatoms. The summed E-state index contributed by atoms with van der Waals surface area (Å²) < 4.78 is 0. The van der Waals surface area contributed by atoms with Gasteiger partial charge in [-0.3, -0.25) is 58.8 Å². The Hall–Kier alpha value is -5.40. The van der Waals surface area contributed by atoms with Crippen LogP contribution in [0.2, 0.25) is 0 Å². The van der Waals surface area contributed by atoms with Gasteiger partial charge in [-0.25, -0.2) is 0 Å². The Morgan fingerprint density at radius 3 is 1.25 bits per heavy atom. The van der Waals surface area contributed by atoms with Gasteiger partial charge in [0.2, 0.25) is 23.6 Å². The van der Waals surface area contributed by atoms with Crippen LogP contribution in [0, 0.1) is 0 Å². The van der Waals surface area contributed by atoms with Crippen LogP contribution in [-0.4, -0.2) is 97.3 Å². The van der Waals surface area contributed by atoms with Gasteiger partial charge in [-0.2, -0.15) is 0 Å². The summed E-state index contributed by atoms with van der Waals surface area (Å²) in [7, 11) is 7.12. The van der Waals surface area contributed by atoms with Crippen molar-refractivity contribution in [2.45, 2.75) is 37.8 Å². The van der Waals surface area contributed by atoms with Crippen LogP contribution in [-0.2, 0) is 19.2 Å². The van der Waals surface area contributed by atoms with Gasteiger partial charge in [0, 0.05) is 52.4 Å². The molecule has 4 heterocycles. The van der Waals surface area contributed by atoms with Crippen LogP contribution < -0.4 is 20.4 Å². The summed E-state index contributed by atoms with van der Waals surface area (Å²) in [6.45, 7) is 0. The van der Waals surface area contributed by atoms with E-state index in [0.29, 0.717) is 33.6 Å². The Morgan fingerprint density at radius 1 is 0.568 bits per heavy atom. The largest absolute Gasteiger partial charge is 0.377 e. The third-order valence-electron chi connectivity index (χ3n) is 7.86. The van der Waals surface area contributed by atoms with Crippen LogP contribution in [0.4, 0.5) is 11.4 Å². The molecule has 2 aromatic rings. The summed E-state index contributed by atoms with van der Waals surface area (Å²) in [6.07, 6.45) is 0.551. The number of carbonyl (C=O) groups excluding carboxylic acids is 8. The number of amides is 8. The van der Waals surface area contributed by atoms with E-state index in [1.165, 1.54) is 0 Å². The number of nitrogens with zero attached hydrogens (tertiary/aromatic N) is 4. The Bertz CT molecular complexity index is 1540. The van der Waals surface area contributed by atoms with E-state index in [2.05, 4.69) is 10.6 Å². The maximum Gasteiger partial charge on any atom is 0.264 e. The molecule has 0 bridgehead atoms. The van der Waals surface area contributed by atoms with Crippen LogP contribution in [0.3, 0.4) is 0 Å². The fraction of sp³-hybridized carbons (Fsp3) is 0.333. The minimum Gasteiger partial charge on any atom is -0.377 e. The molecule has 2 unspecified atom stereocenters. The van der Waals surface area contributed by atoms with Gasteiger partial charge in [0.15, 0.2) is 0 Å². The molecule has 2 aromatic carbocycles. The van der Waals surface area contributed by atoms with Crippen molar-refractivity contribution in [1.82, 2.24) is 20.4 Å². The minimum absolute atomic E-state index is 0.115. The third-order valence-corrected chi connectivity index (χ3v) is 7.86. The summed E-state index contributed by atoms with van der Waals surface area (Å²) in [4.78, 5) is 102. The molecule has 0 aromatic heterocycles. The topological polar surface area (TPSA) is 174 Å². The molecule has 0 spiro atoms. The SMILES string of the molecule is CN(C)c1cccc2c1C(=O)N(C1CCC(=O)NC1=O)C2=O.CN(C)c1cccc2c1C(=O)N(C1CCC(=O)NC1=O)C2=O. The maximum atomic E-state index is 12.7. The molecule has 0 saturated carbocycles. The summed E-state index contributed by atoms with van der Waals surface area (Å²) in [6, 6.07) is 8.19. The molecule has 6 rings (SSSR count). The van der Waals surface area contributed by atoms with Crippen LogP contribution in [0.25, 0.3) is 0 Å². The first-order valence-electron chi connectivity index (χ1n) is 13.9. The van der Waals surface area contributed by atoms with Crippen molar-refractivity contribution in [3.05, 3.63) is 58.7 Å². The van der Waals surface area contributed by atoms with Gasteiger partial charge in [-0.15, -0.1) is 0 Å². The first kappa shape index (κ1) is 30.1. The van der Waals surface area contributed by atoms with Gasteiger partial charge in [0.05, 0.1) is 22.3 Å². The summed E-state index contributed by atoms with van der Waals surface area (Å²) in [5.41, 5.74) is 2.46. The number of fused-ring (bicyclic) bond motifs is 2. The van der Waals surface area contributed by atoms with Gasteiger partial charge in [-0.05, 0) is 37.1 Å². The predicted octanol–water partition coefficient (Wildman–Crippen LogP) is 0.308. The highest BCUT2D eigenvalue weighted by Gasteiger charge is 2.47. The van der Waals surface area contributed by atoms with E-state index in [1.54, 1.807) is 74.4 Å². The van der Waals surface area contributed by atoms with Crippen LogP contribution in [0.5, 0.6) is 0 Å². The van der Waals surface area contributed by atoms with E-state index in [-0.39, 0.29) is 37.5 Å². The molecule has 4 aliphatic rings. The molecule has 8 amide bonds. The number of nitrogens with one attached hydrogen (secondary N) is 2. The van der Waals surface area contributed by atoms with Crippen molar-refractivity contribution in [1.29, 1.82) is 0 Å². The van der Waals surface area contributed by atoms with E-state index in [1.807, 2.05) is 0 Å². The lowest BCUT2D eigenvalue weighted by molar-refractivity contribution is -0.137. The van der Waals surface area contributed by atoms with E-state index < -0.39 is 47.5 Å². The first-order valence-corrected chi connectivity index (χ1v) is 13.9. The Balaban J connectivity index is 0.000000175. The standard InChI is InChI=1S/2C15H15N3O4/c2*1-17(2)9-5-3-4-8-12(9)15(22)18(14(8)21)10-6-7-11(19)16-13(10)20/h2*3-5,10H,6-7H2,1-2H3,(H,16,19,20). The molecule has 44 heavy (non-hydrogen) atoms. The van der Waals surface area contributed by atoms with Crippen molar-refractivity contribution in [3.8, 4) is 0 Å². The fourth-order valence-corrected chi connectivity index (χ4v) is 5.74. The normalized spacial score (nSPS) is 21.0. The molecule has 2 fully saturated rings. The zero-order valence-corrected chi connectivity index (χ0v) is 24.5. The Kier molecular flexibility index (Phi) is 7.76. The second-order valence-electron chi connectivity index (χ2n) is 11.1. The van der Waals surface area contributed by atoms with E-state index in [0.717, 1.165) is 9.80 Å². The van der Waals surface area contributed by atoms with Crippen molar-refractivity contribution in [2.75, 3.05) is 38.0 Å². The minimum atomic E-state index is -0.930. The summed E-state index contributed by atoms with van der Waals surface area (Å²) in [5, 5.41) is 4.35. The van der Waals surface area contributed by atoms with Crippen molar-refractivity contribution in [3.63, 3.8) is 0 Å². The van der Waals surface area contributed by atoms with Crippen LogP contribution in [0.15, 0.2) is 36.4 Å². The molecule has 14 nitrogen and oxygen atoms in total. The molecule has 228 valence electrons. The molecule has 2 atom stereocenters. The van der Waals surface area contributed by atoms with Crippen LogP contribution in [0.1, 0.15) is 67.1 Å². The van der Waals surface area contributed by atoms with Crippen molar-refractivity contribution >= 4 is 58.6 Å². The highest BCUT2D eigenvalue weighted by molar-refractivity contribution is 6.26. The van der Waals surface area contributed by atoms with Gasteiger partial charge < -0.3 is 9.80 Å². The number of piperidine rings is 2. The molecule has 0 aliphatic carbocycles. The van der Waals surface area contributed by atoms with Crippen LogP contribution >= 0.6 is 0 Å². The van der Waals surface area contributed by atoms with E-state index >= 15 is 0 Å². The number of hydrogen-bond donors (Lipinski definition) is 2. The smallest absolute Gasteiger partial charge is 0.264 e. The molecule has 4 aliphatic heterocycles. The Morgan fingerprint density at radius 2 is 0.932 bits per heavy atom. The van der Waals surface area contributed by atoms with Gasteiger partial charge in [0.1, 0.15) is 12.1 Å². The molecule has 0 radical (unpaired) electrons. The number of carbonyl (C=O) groups is 8. The number of imide groups is 4. The molecular weight excluding hydrogens is 572 g/mol. The van der Waals surface area contributed by atoms with E-state index in [4.69, 9.17) is 0 Å².